The van der Waals surface area contributed by atoms with Gasteiger partial charge in [-0.3, -0.25) is 0 Å². The highest BCUT2D eigenvalue weighted by Crippen LogP contribution is 2.15. The zero-order valence-corrected chi connectivity index (χ0v) is 11.6. The van der Waals surface area contributed by atoms with Gasteiger partial charge >= 0.3 is 0 Å². The highest BCUT2D eigenvalue weighted by molar-refractivity contribution is 5.79. The second-order valence-corrected chi connectivity index (χ2v) is 5.52. The smallest absolute Gasteiger partial charge is 0.137 e. The molecule has 4 heteroatoms. The lowest BCUT2D eigenvalue weighted by Crippen LogP contribution is -2.46. The van der Waals surface area contributed by atoms with Crippen LogP contribution in [0.15, 0.2) is 24.5 Å². The van der Waals surface area contributed by atoms with Gasteiger partial charge in [0.2, 0.25) is 0 Å². The summed E-state index contributed by atoms with van der Waals surface area (Å²) in [7, 11) is 4.22. The second kappa shape index (κ2) is 5.08. The number of aromatic nitrogens is 2. The summed E-state index contributed by atoms with van der Waals surface area (Å²) >= 11 is 0. The van der Waals surface area contributed by atoms with E-state index in [2.05, 4.69) is 54.2 Å². The van der Waals surface area contributed by atoms with E-state index in [-0.39, 0.29) is 5.54 Å². The van der Waals surface area contributed by atoms with Crippen LogP contribution in [0.4, 0.5) is 0 Å². The molecule has 0 spiro atoms. The van der Waals surface area contributed by atoms with Gasteiger partial charge < -0.3 is 15.2 Å². The van der Waals surface area contributed by atoms with Crippen LogP contribution >= 0.6 is 0 Å². The molecule has 2 aromatic heterocycles. The molecule has 0 saturated heterocycles. The monoisotopic (exact) mass is 246 g/mol. The first-order valence-electron chi connectivity index (χ1n) is 6.30. The van der Waals surface area contributed by atoms with Crippen molar-refractivity contribution in [1.82, 2.24) is 20.2 Å². The van der Waals surface area contributed by atoms with E-state index in [1.165, 1.54) is 10.9 Å². The van der Waals surface area contributed by atoms with Gasteiger partial charge in [-0.2, -0.15) is 0 Å². The predicted octanol–water partition coefficient (Wildman–Crippen LogP) is 1.99. The van der Waals surface area contributed by atoms with E-state index in [0.29, 0.717) is 0 Å². The van der Waals surface area contributed by atoms with Gasteiger partial charge in [0, 0.05) is 36.4 Å². The van der Waals surface area contributed by atoms with Crippen LogP contribution in [0.5, 0.6) is 0 Å². The average molecular weight is 246 g/mol. The third kappa shape index (κ3) is 2.71. The van der Waals surface area contributed by atoms with Crippen molar-refractivity contribution >= 4 is 11.0 Å². The summed E-state index contributed by atoms with van der Waals surface area (Å²) in [6.45, 7) is 6.28. The summed E-state index contributed by atoms with van der Waals surface area (Å²) in [5.74, 6) is 0. The summed E-state index contributed by atoms with van der Waals surface area (Å²) in [6.07, 6.45) is 3.85. The first-order chi connectivity index (χ1) is 8.50. The second-order valence-electron chi connectivity index (χ2n) is 5.52. The zero-order valence-electron chi connectivity index (χ0n) is 11.6. The quantitative estimate of drug-likeness (QED) is 0.848. The van der Waals surface area contributed by atoms with Crippen molar-refractivity contribution in [3.8, 4) is 0 Å². The summed E-state index contributed by atoms with van der Waals surface area (Å²) in [4.78, 5) is 9.73. The standard InChI is InChI=1S/C14H22N4/c1-14(2,18(3)4)10-15-8-11-9-17-13-12(11)6-5-7-16-13/h5-7,9,15H,8,10H2,1-4H3,(H,16,17). The van der Waals surface area contributed by atoms with E-state index < -0.39 is 0 Å². The lowest BCUT2D eigenvalue weighted by molar-refractivity contribution is 0.190. The third-order valence-electron chi connectivity index (χ3n) is 3.62. The molecule has 0 atom stereocenters. The number of likely N-dealkylation sites (N-methyl/N-ethyl adjacent to an activating group) is 1. The molecule has 0 saturated carbocycles. The van der Waals surface area contributed by atoms with Gasteiger partial charge in [-0.25, -0.2) is 4.98 Å². The molecule has 98 valence electrons. The van der Waals surface area contributed by atoms with E-state index in [1.54, 1.807) is 0 Å². The van der Waals surface area contributed by atoms with E-state index >= 15 is 0 Å². The van der Waals surface area contributed by atoms with Crippen LogP contribution in [0.3, 0.4) is 0 Å². The fourth-order valence-corrected chi connectivity index (χ4v) is 1.82. The minimum atomic E-state index is 0.157. The summed E-state index contributed by atoms with van der Waals surface area (Å²) in [5.41, 5.74) is 2.39. The number of pyridine rings is 1. The number of fused-ring (bicyclic) bond motifs is 1. The van der Waals surface area contributed by atoms with E-state index in [4.69, 9.17) is 0 Å². The van der Waals surface area contributed by atoms with Gasteiger partial charge in [-0.1, -0.05) is 0 Å². The van der Waals surface area contributed by atoms with Crippen molar-refractivity contribution < 1.29 is 0 Å². The summed E-state index contributed by atoms with van der Waals surface area (Å²) in [6, 6.07) is 4.08. The topological polar surface area (TPSA) is 44.0 Å². The van der Waals surface area contributed by atoms with Crippen LogP contribution in [-0.4, -0.2) is 41.0 Å². The van der Waals surface area contributed by atoms with Crippen molar-refractivity contribution in [2.24, 2.45) is 0 Å². The Balaban J connectivity index is 1.99. The number of aromatic amines is 1. The minimum absolute atomic E-state index is 0.157. The number of rotatable bonds is 5. The Morgan fingerprint density at radius 1 is 1.39 bits per heavy atom. The third-order valence-corrected chi connectivity index (χ3v) is 3.62. The fourth-order valence-electron chi connectivity index (χ4n) is 1.82. The number of hydrogen-bond acceptors (Lipinski definition) is 3. The van der Waals surface area contributed by atoms with Crippen LogP contribution in [0.2, 0.25) is 0 Å². The molecule has 2 rings (SSSR count). The predicted molar refractivity (Wildman–Crippen MR) is 75.6 cm³/mol. The molecule has 0 aliphatic heterocycles. The largest absolute Gasteiger partial charge is 0.346 e. The number of hydrogen-bond donors (Lipinski definition) is 2. The average Bonchev–Trinajstić information content (AvgIpc) is 2.72. The molecule has 2 aromatic rings. The normalized spacial score (nSPS) is 12.5. The first-order valence-corrected chi connectivity index (χ1v) is 6.30. The Bertz CT molecular complexity index is 513. The summed E-state index contributed by atoms with van der Waals surface area (Å²) in [5, 5.41) is 4.71. The highest BCUT2D eigenvalue weighted by Gasteiger charge is 2.19. The van der Waals surface area contributed by atoms with Gasteiger partial charge in [-0.15, -0.1) is 0 Å². The maximum absolute atomic E-state index is 4.30. The van der Waals surface area contributed by atoms with Gasteiger partial charge in [0.25, 0.3) is 0 Å². The molecule has 2 N–H and O–H groups in total. The Kier molecular flexibility index (Phi) is 3.68. The molecule has 0 fully saturated rings. The van der Waals surface area contributed by atoms with Crippen LogP contribution in [-0.2, 0) is 6.54 Å². The van der Waals surface area contributed by atoms with Gasteiger partial charge in [0.05, 0.1) is 0 Å². The number of H-pyrrole nitrogens is 1. The highest BCUT2D eigenvalue weighted by atomic mass is 15.2. The Hall–Kier alpha value is -1.39. The minimum Gasteiger partial charge on any atom is -0.346 e. The molecule has 18 heavy (non-hydrogen) atoms. The molecular formula is C14H22N4. The molecule has 2 heterocycles. The van der Waals surface area contributed by atoms with Crippen LogP contribution in [0, 0.1) is 0 Å². The molecule has 0 unspecified atom stereocenters. The molecule has 0 radical (unpaired) electrons. The maximum Gasteiger partial charge on any atom is 0.137 e. The van der Waals surface area contributed by atoms with Crippen LogP contribution in [0.1, 0.15) is 19.4 Å². The zero-order chi connectivity index (χ0) is 13.2. The Labute approximate surface area is 108 Å². The van der Waals surface area contributed by atoms with Crippen molar-refractivity contribution in [2.75, 3.05) is 20.6 Å². The summed E-state index contributed by atoms with van der Waals surface area (Å²) < 4.78 is 0. The lowest BCUT2D eigenvalue weighted by atomic mass is 10.0. The molecule has 0 amide bonds. The molecule has 0 aliphatic carbocycles. The Morgan fingerprint density at radius 3 is 2.89 bits per heavy atom. The molecule has 0 aromatic carbocycles. The first kappa shape index (κ1) is 13.1. The molecular weight excluding hydrogens is 224 g/mol. The maximum atomic E-state index is 4.30. The lowest BCUT2D eigenvalue weighted by Gasteiger charge is -2.32. The molecule has 0 aliphatic rings. The van der Waals surface area contributed by atoms with E-state index in [1.807, 2.05) is 18.5 Å². The van der Waals surface area contributed by atoms with Gasteiger partial charge in [0.1, 0.15) is 5.65 Å². The molecule has 4 nitrogen and oxygen atoms in total. The number of nitrogens with zero attached hydrogens (tertiary/aromatic N) is 2. The van der Waals surface area contributed by atoms with E-state index in [9.17, 15) is 0 Å². The van der Waals surface area contributed by atoms with Gasteiger partial charge in [-0.05, 0) is 45.6 Å². The van der Waals surface area contributed by atoms with E-state index in [0.717, 1.165) is 18.7 Å². The SMILES string of the molecule is CN(C)C(C)(C)CNCc1c[nH]c2ncccc12. The van der Waals surface area contributed by atoms with Crippen molar-refractivity contribution in [1.29, 1.82) is 0 Å². The van der Waals surface area contributed by atoms with Crippen LogP contribution in [0.25, 0.3) is 11.0 Å². The fraction of sp³-hybridized carbons (Fsp3) is 0.500. The Morgan fingerprint density at radius 2 is 2.17 bits per heavy atom. The van der Waals surface area contributed by atoms with Crippen molar-refractivity contribution in [3.63, 3.8) is 0 Å². The number of nitrogens with one attached hydrogen (secondary N) is 2. The van der Waals surface area contributed by atoms with Crippen LogP contribution < -0.4 is 5.32 Å². The van der Waals surface area contributed by atoms with Crippen molar-refractivity contribution in [3.05, 3.63) is 30.1 Å². The molecule has 0 bridgehead atoms. The van der Waals surface area contributed by atoms with Gasteiger partial charge in [0.15, 0.2) is 0 Å². The van der Waals surface area contributed by atoms with Crippen molar-refractivity contribution in [2.45, 2.75) is 25.9 Å².